The summed E-state index contributed by atoms with van der Waals surface area (Å²) in [6.45, 7) is 5.11. The Balaban J connectivity index is 1.49. The minimum absolute atomic E-state index is 0.184. The Labute approximate surface area is 154 Å². The number of benzene rings is 1. The first-order valence-electron chi connectivity index (χ1n) is 9.05. The van der Waals surface area contributed by atoms with Gasteiger partial charge in [-0.3, -0.25) is 4.99 Å². The normalized spacial score (nSPS) is 14.6. The summed E-state index contributed by atoms with van der Waals surface area (Å²) in [6, 6.07) is 9.43. The van der Waals surface area contributed by atoms with E-state index in [4.69, 9.17) is 0 Å². The molecule has 0 aliphatic carbocycles. The van der Waals surface area contributed by atoms with Crippen LogP contribution in [0.2, 0.25) is 0 Å². The summed E-state index contributed by atoms with van der Waals surface area (Å²) in [4.78, 5) is 11.1. The molecule has 2 N–H and O–H groups in total. The number of nitrogens with zero attached hydrogens (tertiary/aromatic N) is 3. The van der Waals surface area contributed by atoms with Gasteiger partial charge in [0.1, 0.15) is 11.6 Å². The predicted molar refractivity (Wildman–Crippen MR) is 104 cm³/mol. The lowest BCUT2D eigenvalue weighted by Crippen LogP contribution is -2.36. The molecule has 1 fully saturated rings. The number of hydrogen-bond donors (Lipinski definition) is 2. The maximum atomic E-state index is 13.6. The van der Waals surface area contributed by atoms with E-state index in [-0.39, 0.29) is 5.82 Å². The number of rotatable bonds is 5. The number of nitrogens with one attached hydrogen (secondary N) is 2. The van der Waals surface area contributed by atoms with Crippen molar-refractivity contribution in [3.63, 3.8) is 0 Å². The molecule has 0 atom stereocenters. The zero-order valence-corrected chi connectivity index (χ0v) is 15.4. The largest absolute Gasteiger partial charge is 0.357 e. The number of anilines is 1. The van der Waals surface area contributed by atoms with E-state index in [0.29, 0.717) is 24.6 Å². The number of pyridine rings is 1. The maximum absolute atomic E-state index is 13.6. The molecule has 1 aromatic heterocycles. The third-order valence-electron chi connectivity index (χ3n) is 4.62. The van der Waals surface area contributed by atoms with Crippen LogP contribution < -0.4 is 15.5 Å². The maximum Gasteiger partial charge on any atom is 0.191 e. The quantitative estimate of drug-likeness (QED) is 0.639. The van der Waals surface area contributed by atoms with Gasteiger partial charge in [-0.25, -0.2) is 9.37 Å². The van der Waals surface area contributed by atoms with Crippen LogP contribution in [0.25, 0.3) is 0 Å². The van der Waals surface area contributed by atoms with Gasteiger partial charge in [0.2, 0.25) is 0 Å². The van der Waals surface area contributed by atoms with Gasteiger partial charge in [0.15, 0.2) is 5.96 Å². The van der Waals surface area contributed by atoms with Crippen molar-refractivity contribution in [1.82, 2.24) is 15.6 Å². The highest BCUT2D eigenvalue weighted by molar-refractivity contribution is 5.79. The van der Waals surface area contributed by atoms with Gasteiger partial charge in [0, 0.05) is 39.4 Å². The monoisotopic (exact) mass is 355 g/mol. The summed E-state index contributed by atoms with van der Waals surface area (Å²) in [5.74, 6) is 1.54. The van der Waals surface area contributed by atoms with Crippen LogP contribution in [0.4, 0.5) is 10.2 Å². The Bertz CT molecular complexity index is 751. The van der Waals surface area contributed by atoms with Crippen LogP contribution in [0.5, 0.6) is 0 Å². The van der Waals surface area contributed by atoms with Gasteiger partial charge in [-0.05, 0) is 48.6 Å². The summed E-state index contributed by atoms with van der Waals surface area (Å²) in [5, 5.41) is 6.46. The third kappa shape index (κ3) is 4.71. The molecule has 5 nitrogen and oxygen atoms in total. The van der Waals surface area contributed by atoms with Gasteiger partial charge >= 0.3 is 0 Å². The summed E-state index contributed by atoms with van der Waals surface area (Å²) < 4.78 is 13.6. The van der Waals surface area contributed by atoms with E-state index in [1.54, 1.807) is 26.1 Å². The number of aromatic nitrogens is 1. The number of aryl methyl sites for hydroxylation is 1. The summed E-state index contributed by atoms with van der Waals surface area (Å²) >= 11 is 0. The van der Waals surface area contributed by atoms with E-state index in [2.05, 4.69) is 37.6 Å². The number of hydrogen-bond acceptors (Lipinski definition) is 3. The van der Waals surface area contributed by atoms with Crippen LogP contribution in [0.1, 0.15) is 29.5 Å². The topological polar surface area (TPSA) is 52.6 Å². The molecule has 0 unspecified atom stereocenters. The van der Waals surface area contributed by atoms with E-state index in [0.717, 1.165) is 30.0 Å². The number of aliphatic imine (C=N–C) groups is 1. The minimum atomic E-state index is -0.184. The van der Waals surface area contributed by atoms with Gasteiger partial charge in [0.25, 0.3) is 0 Å². The van der Waals surface area contributed by atoms with Gasteiger partial charge in [0.05, 0.1) is 0 Å². The molecule has 26 heavy (non-hydrogen) atoms. The van der Waals surface area contributed by atoms with Crippen molar-refractivity contribution in [1.29, 1.82) is 0 Å². The second-order valence-corrected chi connectivity index (χ2v) is 6.58. The van der Waals surface area contributed by atoms with E-state index in [1.807, 2.05) is 12.3 Å². The molecule has 6 heteroatoms. The Morgan fingerprint density at radius 1 is 1.12 bits per heavy atom. The average molecular weight is 355 g/mol. The van der Waals surface area contributed by atoms with E-state index in [9.17, 15) is 4.39 Å². The highest BCUT2D eigenvalue weighted by Gasteiger charge is 2.12. The van der Waals surface area contributed by atoms with E-state index in [1.165, 1.54) is 12.8 Å². The molecule has 138 valence electrons. The lowest BCUT2D eigenvalue weighted by molar-refractivity contribution is 0.615. The molecule has 0 amide bonds. The molecule has 0 radical (unpaired) electrons. The highest BCUT2D eigenvalue weighted by Crippen LogP contribution is 2.17. The molecular formula is C20H26FN5. The van der Waals surface area contributed by atoms with Gasteiger partial charge in [-0.15, -0.1) is 0 Å². The molecule has 0 saturated carbocycles. The molecule has 0 spiro atoms. The van der Waals surface area contributed by atoms with Crippen LogP contribution in [0.3, 0.4) is 0 Å². The molecular weight excluding hydrogens is 329 g/mol. The van der Waals surface area contributed by atoms with Gasteiger partial charge < -0.3 is 15.5 Å². The van der Waals surface area contributed by atoms with Gasteiger partial charge in [-0.2, -0.15) is 0 Å². The molecule has 2 aromatic rings. The number of halogens is 1. The second kappa shape index (κ2) is 8.65. The Morgan fingerprint density at radius 2 is 1.81 bits per heavy atom. The molecule has 2 heterocycles. The molecule has 3 rings (SSSR count). The van der Waals surface area contributed by atoms with Crippen molar-refractivity contribution in [2.45, 2.75) is 32.9 Å². The standard InChI is InChI=1S/C20H26FN5/c1-15-5-6-16(11-18(15)21)12-24-20(22-2)25-14-17-7-8-19(23-13-17)26-9-3-4-10-26/h5-8,11,13H,3-4,9-10,12,14H2,1-2H3,(H2,22,24,25). The summed E-state index contributed by atoms with van der Waals surface area (Å²) in [7, 11) is 1.72. The molecule has 1 aromatic carbocycles. The Kier molecular flexibility index (Phi) is 6.04. The average Bonchev–Trinajstić information content (AvgIpc) is 3.20. The van der Waals surface area contributed by atoms with Crippen LogP contribution >= 0.6 is 0 Å². The van der Waals surface area contributed by atoms with Crippen LogP contribution in [0.15, 0.2) is 41.5 Å². The molecule has 0 bridgehead atoms. The zero-order valence-electron chi connectivity index (χ0n) is 15.4. The van der Waals surface area contributed by atoms with Crippen molar-refractivity contribution in [2.75, 3.05) is 25.0 Å². The van der Waals surface area contributed by atoms with Crippen molar-refractivity contribution >= 4 is 11.8 Å². The summed E-state index contributed by atoms with van der Waals surface area (Å²) in [6.07, 6.45) is 4.40. The van der Waals surface area contributed by atoms with Gasteiger partial charge in [-0.1, -0.05) is 18.2 Å². The fourth-order valence-electron chi connectivity index (χ4n) is 2.99. The van der Waals surface area contributed by atoms with Crippen molar-refractivity contribution < 1.29 is 4.39 Å². The first kappa shape index (κ1) is 18.2. The number of guanidine groups is 1. The van der Waals surface area contributed by atoms with Crippen molar-refractivity contribution in [3.8, 4) is 0 Å². The zero-order chi connectivity index (χ0) is 18.4. The molecule has 1 saturated heterocycles. The van der Waals surface area contributed by atoms with Crippen LogP contribution in [0, 0.1) is 12.7 Å². The first-order chi connectivity index (χ1) is 12.7. The smallest absolute Gasteiger partial charge is 0.191 e. The molecule has 1 aliphatic heterocycles. The minimum Gasteiger partial charge on any atom is -0.357 e. The predicted octanol–water partition coefficient (Wildman–Crippen LogP) is 2.99. The van der Waals surface area contributed by atoms with Crippen molar-refractivity contribution in [2.24, 2.45) is 4.99 Å². The fourth-order valence-corrected chi connectivity index (χ4v) is 2.99. The SMILES string of the molecule is CN=C(NCc1ccc(N2CCCC2)nc1)NCc1ccc(C)c(F)c1. The van der Waals surface area contributed by atoms with Crippen molar-refractivity contribution in [3.05, 3.63) is 59.0 Å². The lowest BCUT2D eigenvalue weighted by atomic mass is 10.1. The lowest BCUT2D eigenvalue weighted by Gasteiger charge is -2.16. The Morgan fingerprint density at radius 3 is 2.42 bits per heavy atom. The van der Waals surface area contributed by atoms with Crippen LogP contribution in [-0.2, 0) is 13.1 Å². The fraction of sp³-hybridized carbons (Fsp3) is 0.400. The third-order valence-corrected chi connectivity index (χ3v) is 4.62. The van der Waals surface area contributed by atoms with E-state index < -0.39 is 0 Å². The van der Waals surface area contributed by atoms with Crippen LogP contribution in [-0.4, -0.2) is 31.1 Å². The molecule has 1 aliphatic rings. The van der Waals surface area contributed by atoms with E-state index >= 15 is 0 Å². The first-order valence-corrected chi connectivity index (χ1v) is 9.05. The Hall–Kier alpha value is -2.63. The summed E-state index contributed by atoms with van der Waals surface area (Å²) in [5.41, 5.74) is 2.63. The highest BCUT2D eigenvalue weighted by atomic mass is 19.1. The second-order valence-electron chi connectivity index (χ2n) is 6.58.